The fourth-order valence-electron chi connectivity index (χ4n) is 3.82. The predicted molar refractivity (Wildman–Crippen MR) is 131 cm³/mol. The Hall–Kier alpha value is -2.83. The first kappa shape index (κ1) is 28.4. The van der Waals surface area contributed by atoms with E-state index in [0.717, 1.165) is 0 Å². The molecule has 0 radical (unpaired) electrons. The molecular formula is C23H34N4O7S. The fourth-order valence-corrected chi connectivity index (χ4v) is 4.29. The van der Waals surface area contributed by atoms with Gasteiger partial charge in [-0.25, -0.2) is 4.79 Å². The summed E-state index contributed by atoms with van der Waals surface area (Å²) in [5, 5.41) is 33.7. The summed E-state index contributed by atoms with van der Waals surface area (Å²) in [6.07, 6.45) is 1.91. The summed E-state index contributed by atoms with van der Waals surface area (Å²) in [7, 11) is 0. The van der Waals surface area contributed by atoms with Crippen LogP contribution in [-0.4, -0.2) is 92.7 Å². The van der Waals surface area contributed by atoms with Crippen molar-refractivity contribution in [2.75, 3.05) is 18.6 Å². The van der Waals surface area contributed by atoms with Gasteiger partial charge in [-0.2, -0.15) is 11.8 Å². The van der Waals surface area contributed by atoms with E-state index < -0.39 is 54.0 Å². The summed E-state index contributed by atoms with van der Waals surface area (Å²) in [6, 6.07) is 1.83. The van der Waals surface area contributed by atoms with E-state index in [1.165, 1.54) is 35.7 Å². The average Bonchev–Trinajstić information content (AvgIpc) is 3.31. The molecule has 194 valence electrons. The molecule has 1 aromatic rings. The van der Waals surface area contributed by atoms with Gasteiger partial charge in [0.25, 0.3) is 0 Å². The number of phenolic OH excluding ortho intramolecular Hbond substituents is 1. The lowest BCUT2D eigenvalue weighted by atomic mass is 10.0. The number of carbonyl (C=O) groups is 4. The van der Waals surface area contributed by atoms with Gasteiger partial charge in [0, 0.05) is 13.0 Å². The number of rotatable bonds is 12. The number of carbonyl (C=O) groups excluding carboxylic acids is 3. The van der Waals surface area contributed by atoms with Gasteiger partial charge in [-0.05, 0) is 55.9 Å². The molecule has 0 aromatic heterocycles. The monoisotopic (exact) mass is 510 g/mol. The van der Waals surface area contributed by atoms with Gasteiger partial charge < -0.3 is 36.6 Å². The van der Waals surface area contributed by atoms with Crippen LogP contribution in [0.25, 0.3) is 0 Å². The third-order valence-corrected chi connectivity index (χ3v) is 6.52. The number of aliphatic carboxylic acids is 1. The Morgan fingerprint density at radius 1 is 1.17 bits per heavy atom. The van der Waals surface area contributed by atoms with Crippen molar-refractivity contribution in [2.24, 2.45) is 5.73 Å². The van der Waals surface area contributed by atoms with Gasteiger partial charge in [-0.3, -0.25) is 14.4 Å². The number of nitrogens with two attached hydrogens (primary N) is 1. The zero-order valence-corrected chi connectivity index (χ0v) is 20.7. The Bertz CT molecular complexity index is 896. The summed E-state index contributed by atoms with van der Waals surface area (Å²) < 4.78 is 0. The molecule has 1 aromatic carbocycles. The molecule has 0 aliphatic carbocycles. The SMILES string of the molecule is CSCCC(NC(=O)C1CCCN1C(=O)C(Cc1ccc(O)cc1)NC(=O)C(N)C(C)O)C(=O)O. The molecule has 5 atom stereocenters. The van der Waals surface area contributed by atoms with E-state index in [-0.39, 0.29) is 25.1 Å². The first-order chi connectivity index (χ1) is 16.5. The quantitative estimate of drug-likeness (QED) is 0.215. The molecule has 0 bridgehead atoms. The number of carboxylic acid groups (broad SMARTS) is 1. The number of hydrogen-bond acceptors (Lipinski definition) is 8. The number of aliphatic hydroxyl groups is 1. The minimum absolute atomic E-state index is 0.0440. The molecule has 0 spiro atoms. The zero-order valence-electron chi connectivity index (χ0n) is 19.8. The topological polar surface area (TPSA) is 182 Å². The smallest absolute Gasteiger partial charge is 0.326 e. The Labute approximate surface area is 208 Å². The van der Waals surface area contributed by atoms with Crippen molar-refractivity contribution in [3.8, 4) is 5.75 Å². The van der Waals surface area contributed by atoms with Crippen molar-refractivity contribution >= 4 is 35.5 Å². The van der Waals surface area contributed by atoms with Crippen molar-refractivity contribution in [1.29, 1.82) is 0 Å². The van der Waals surface area contributed by atoms with Gasteiger partial charge in [-0.1, -0.05) is 12.1 Å². The molecule has 1 heterocycles. The molecule has 0 saturated carbocycles. The van der Waals surface area contributed by atoms with Gasteiger partial charge in [0.15, 0.2) is 0 Å². The van der Waals surface area contributed by atoms with E-state index in [9.17, 15) is 34.5 Å². The maximum Gasteiger partial charge on any atom is 0.326 e. The number of nitrogens with zero attached hydrogens (tertiary/aromatic N) is 1. The highest BCUT2D eigenvalue weighted by Crippen LogP contribution is 2.21. The molecule has 1 saturated heterocycles. The number of amides is 3. The largest absolute Gasteiger partial charge is 0.508 e. The average molecular weight is 511 g/mol. The van der Waals surface area contributed by atoms with Gasteiger partial charge in [0.1, 0.15) is 29.9 Å². The van der Waals surface area contributed by atoms with Crippen molar-refractivity contribution < 1.29 is 34.5 Å². The number of benzene rings is 1. The lowest BCUT2D eigenvalue weighted by Gasteiger charge is -2.30. The Balaban J connectivity index is 2.21. The summed E-state index contributed by atoms with van der Waals surface area (Å²) in [5.41, 5.74) is 6.38. The highest BCUT2D eigenvalue weighted by molar-refractivity contribution is 7.98. The number of hydrogen-bond donors (Lipinski definition) is 6. The molecule has 5 unspecified atom stereocenters. The van der Waals surface area contributed by atoms with E-state index in [0.29, 0.717) is 24.2 Å². The lowest BCUT2D eigenvalue weighted by molar-refractivity contribution is -0.145. The van der Waals surface area contributed by atoms with Crippen LogP contribution in [0.4, 0.5) is 0 Å². The third kappa shape index (κ3) is 8.11. The fraction of sp³-hybridized carbons (Fsp3) is 0.565. The normalized spacial score (nSPS) is 18.9. The van der Waals surface area contributed by atoms with Crippen LogP contribution in [0.1, 0.15) is 31.7 Å². The predicted octanol–water partition coefficient (Wildman–Crippen LogP) is -0.559. The third-order valence-electron chi connectivity index (χ3n) is 5.88. The van der Waals surface area contributed by atoms with Crippen molar-refractivity contribution in [3.63, 3.8) is 0 Å². The molecule has 1 aliphatic heterocycles. The van der Waals surface area contributed by atoms with Crippen LogP contribution in [-0.2, 0) is 25.6 Å². The van der Waals surface area contributed by atoms with Crippen molar-refractivity contribution in [3.05, 3.63) is 29.8 Å². The van der Waals surface area contributed by atoms with E-state index in [2.05, 4.69) is 10.6 Å². The van der Waals surface area contributed by atoms with E-state index in [4.69, 9.17) is 5.73 Å². The summed E-state index contributed by atoms with van der Waals surface area (Å²) >= 11 is 1.46. The number of nitrogens with one attached hydrogen (secondary N) is 2. The zero-order chi connectivity index (χ0) is 26.1. The van der Waals surface area contributed by atoms with Crippen LogP contribution in [0, 0.1) is 0 Å². The van der Waals surface area contributed by atoms with Gasteiger partial charge in [-0.15, -0.1) is 0 Å². The van der Waals surface area contributed by atoms with Crippen molar-refractivity contribution in [2.45, 2.75) is 62.9 Å². The molecule has 1 fully saturated rings. The number of aliphatic hydroxyl groups excluding tert-OH is 1. The Morgan fingerprint density at radius 2 is 1.83 bits per heavy atom. The first-order valence-corrected chi connectivity index (χ1v) is 12.8. The van der Waals surface area contributed by atoms with Gasteiger partial charge >= 0.3 is 5.97 Å². The van der Waals surface area contributed by atoms with Crippen LogP contribution >= 0.6 is 11.8 Å². The number of phenols is 1. The molecule has 1 aliphatic rings. The van der Waals surface area contributed by atoms with Crippen LogP contribution in [0.3, 0.4) is 0 Å². The van der Waals surface area contributed by atoms with E-state index >= 15 is 0 Å². The maximum absolute atomic E-state index is 13.5. The van der Waals surface area contributed by atoms with Crippen molar-refractivity contribution in [1.82, 2.24) is 15.5 Å². The first-order valence-electron chi connectivity index (χ1n) is 11.4. The Morgan fingerprint density at radius 3 is 2.40 bits per heavy atom. The number of aromatic hydroxyl groups is 1. The number of likely N-dealkylation sites (tertiary alicyclic amines) is 1. The summed E-state index contributed by atoms with van der Waals surface area (Å²) in [6.45, 7) is 1.63. The van der Waals surface area contributed by atoms with Crippen LogP contribution in [0.2, 0.25) is 0 Å². The van der Waals surface area contributed by atoms with E-state index in [1.807, 2.05) is 6.26 Å². The maximum atomic E-state index is 13.5. The van der Waals surface area contributed by atoms with E-state index in [1.54, 1.807) is 12.1 Å². The van der Waals surface area contributed by atoms with Crippen LogP contribution in [0.5, 0.6) is 5.75 Å². The second kappa shape index (κ2) is 13.3. The molecule has 3 amide bonds. The molecule has 11 nitrogen and oxygen atoms in total. The van der Waals surface area contributed by atoms with Gasteiger partial charge in [0.05, 0.1) is 6.10 Å². The minimum atomic E-state index is -1.25. The van der Waals surface area contributed by atoms with Gasteiger partial charge in [0.2, 0.25) is 17.7 Å². The number of thioether (sulfide) groups is 1. The molecule has 35 heavy (non-hydrogen) atoms. The van der Waals surface area contributed by atoms with Crippen LogP contribution < -0.4 is 16.4 Å². The molecule has 12 heteroatoms. The minimum Gasteiger partial charge on any atom is -0.508 e. The Kier molecular flexibility index (Phi) is 10.8. The molecule has 2 rings (SSSR count). The summed E-state index contributed by atoms with van der Waals surface area (Å²) in [4.78, 5) is 51.9. The standard InChI is InChI=1S/C23H34N4O7S/c1-13(28)19(24)21(31)26-17(12-14-5-7-15(29)8-6-14)22(32)27-10-3-4-18(27)20(30)25-16(23(33)34)9-11-35-2/h5-8,13,16-19,28-29H,3-4,9-12,24H2,1-2H3,(H,25,30)(H,26,31)(H,33,34). The second-order valence-electron chi connectivity index (χ2n) is 8.57. The highest BCUT2D eigenvalue weighted by Gasteiger charge is 2.39. The highest BCUT2D eigenvalue weighted by atomic mass is 32.2. The van der Waals surface area contributed by atoms with Crippen LogP contribution in [0.15, 0.2) is 24.3 Å². The second-order valence-corrected chi connectivity index (χ2v) is 9.55. The summed E-state index contributed by atoms with van der Waals surface area (Å²) in [5.74, 6) is -2.34. The number of carboxylic acids is 1. The molecule has 7 N–H and O–H groups in total. The molecular weight excluding hydrogens is 476 g/mol. The lowest BCUT2D eigenvalue weighted by Crippen LogP contribution is -2.58.